The van der Waals surface area contributed by atoms with Crippen molar-refractivity contribution in [3.8, 4) is 0 Å². The predicted molar refractivity (Wildman–Crippen MR) is 197 cm³/mol. The van der Waals surface area contributed by atoms with E-state index in [0.717, 1.165) is 32.2 Å². The minimum absolute atomic E-state index is 0.0314. The summed E-state index contributed by atoms with van der Waals surface area (Å²) in [6.45, 7) is 30.7. The lowest BCUT2D eigenvalue weighted by atomic mass is 9.60. The second kappa shape index (κ2) is 16.0. The number of Topliss-reactive ketones (excluding diaryl/α,β-unsaturated/α-hetero) is 1. The summed E-state index contributed by atoms with van der Waals surface area (Å²) in [6.07, 6.45) is 5.17. The van der Waals surface area contributed by atoms with Crippen molar-refractivity contribution in [3.63, 3.8) is 0 Å². The number of amides is 1. The number of hydrogen-bond acceptors (Lipinski definition) is 6. The van der Waals surface area contributed by atoms with E-state index in [1.165, 1.54) is 6.42 Å². The molecule has 7 heteroatoms. The number of methoxy groups -OCH3 is 2. The monoisotopic (exact) mass is 677 g/mol. The van der Waals surface area contributed by atoms with Gasteiger partial charge in [-0.05, 0) is 107 Å². The highest BCUT2D eigenvalue weighted by atomic mass is 16.6. The van der Waals surface area contributed by atoms with Crippen molar-refractivity contribution >= 4 is 11.9 Å². The maximum atomic E-state index is 14.6. The lowest BCUT2D eigenvalue weighted by Gasteiger charge is -2.50. The summed E-state index contributed by atoms with van der Waals surface area (Å²) < 4.78 is 19.1. The topological polar surface area (TPSA) is 68.3 Å². The number of rotatable bonds is 5. The summed E-state index contributed by atoms with van der Waals surface area (Å²) in [5.41, 5.74) is -1.23. The molecule has 48 heavy (non-hydrogen) atoms. The van der Waals surface area contributed by atoms with Gasteiger partial charge in [0, 0.05) is 51.6 Å². The smallest absolute Gasteiger partial charge is 0.410 e. The van der Waals surface area contributed by atoms with Crippen molar-refractivity contribution in [2.75, 3.05) is 34.4 Å². The van der Waals surface area contributed by atoms with Crippen LogP contribution >= 0.6 is 0 Å². The maximum Gasteiger partial charge on any atom is 0.410 e. The van der Waals surface area contributed by atoms with Gasteiger partial charge in [0.15, 0.2) is 0 Å². The Hall–Kier alpha value is -1.18. The number of likely N-dealkylation sites (N-methyl/N-ethyl adjacent to an activating group) is 1. The Morgan fingerprint density at radius 2 is 1.42 bits per heavy atom. The van der Waals surface area contributed by atoms with E-state index in [-0.39, 0.29) is 64.9 Å². The number of hydrogen-bond donors (Lipinski definition) is 0. The summed E-state index contributed by atoms with van der Waals surface area (Å²) in [4.78, 5) is 32.6. The van der Waals surface area contributed by atoms with Crippen LogP contribution in [0.5, 0.6) is 0 Å². The Labute approximate surface area is 296 Å². The molecule has 2 bridgehead atoms. The summed E-state index contributed by atoms with van der Waals surface area (Å²) in [6, 6.07) is 0.177. The molecule has 280 valence electrons. The summed E-state index contributed by atoms with van der Waals surface area (Å²) in [7, 11) is 5.97. The highest BCUT2D eigenvalue weighted by Crippen LogP contribution is 2.51. The van der Waals surface area contributed by atoms with Gasteiger partial charge < -0.3 is 19.1 Å². The molecule has 0 aromatic carbocycles. The van der Waals surface area contributed by atoms with Crippen LogP contribution in [0.4, 0.5) is 4.79 Å². The first-order valence-corrected chi connectivity index (χ1v) is 19.7. The minimum Gasteiger partial charge on any atom is -0.441 e. The van der Waals surface area contributed by atoms with Crippen LogP contribution in [0.15, 0.2) is 0 Å². The van der Waals surface area contributed by atoms with Gasteiger partial charge in [-0.15, -0.1) is 0 Å². The second-order valence-electron chi connectivity index (χ2n) is 17.4. The molecule has 0 radical (unpaired) electrons. The average molecular weight is 677 g/mol. The van der Waals surface area contributed by atoms with Gasteiger partial charge in [0.2, 0.25) is 0 Å². The molecule has 1 amide bonds. The van der Waals surface area contributed by atoms with Gasteiger partial charge in [0.05, 0.1) is 17.2 Å². The molecule has 4 fully saturated rings. The zero-order valence-electron chi connectivity index (χ0n) is 34.0. The molecule has 4 aliphatic rings. The summed E-state index contributed by atoms with van der Waals surface area (Å²) in [5, 5.41) is 0. The Kier molecular flexibility index (Phi) is 13.8. The van der Waals surface area contributed by atoms with Gasteiger partial charge in [-0.2, -0.15) is 0 Å². The van der Waals surface area contributed by atoms with Crippen LogP contribution in [0.3, 0.4) is 0 Å². The molecular weight excluding hydrogens is 600 g/mol. The fourth-order valence-electron chi connectivity index (χ4n) is 11.5. The van der Waals surface area contributed by atoms with Crippen molar-refractivity contribution in [2.24, 2.45) is 59.2 Å². The Bertz CT molecular complexity index is 1090. The van der Waals surface area contributed by atoms with E-state index < -0.39 is 5.60 Å². The summed E-state index contributed by atoms with van der Waals surface area (Å²) in [5.74, 6) is 3.02. The third-order valence-corrected chi connectivity index (χ3v) is 15.1. The molecule has 7 unspecified atom stereocenters. The van der Waals surface area contributed by atoms with Crippen molar-refractivity contribution in [2.45, 2.75) is 157 Å². The number of ketones is 1. The van der Waals surface area contributed by atoms with Crippen LogP contribution in [0.25, 0.3) is 0 Å². The van der Waals surface area contributed by atoms with Gasteiger partial charge in [-0.3, -0.25) is 9.69 Å². The number of carbonyl (C=O) groups is 2. The van der Waals surface area contributed by atoms with Crippen LogP contribution in [0, 0.1) is 59.2 Å². The Morgan fingerprint density at radius 1 is 0.833 bits per heavy atom. The van der Waals surface area contributed by atoms with Crippen molar-refractivity contribution in [1.82, 2.24) is 9.80 Å². The van der Waals surface area contributed by atoms with Crippen LogP contribution in [-0.4, -0.2) is 84.9 Å². The van der Waals surface area contributed by atoms with E-state index in [9.17, 15) is 9.59 Å². The van der Waals surface area contributed by atoms with Gasteiger partial charge in [0.1, 0.15) is 11.4 Å². The predicted octanol–water partition coefficient (Wildman–Crippen LogP) is 8.97. The van der Waals surface area contributed by atoms with Crippen molar-refractivity contribution in [3.05, 3.63) is 0 Å². The quantitative estimate of drug-likeness (QED) is 0.290. The molecule has 0 aromatic heterocycles. The number of ether oxygens (including phenoxy) is 3. The molecule has 2 heterocycles. The van der Waals surface area contributed by atoms with Gasteiger partial charge in [-0.1, -0.05) is 69.2 Å². The van der Waals surface area contributed by atoms with Gasteiger partial charge in [0.25, 0.3) is 0 Å². The Balaban J connectivity index is 0.00000307. The van der Waals surface area contributed by atoms with E-state index in [0.29, 0.717) is 42.4 Å². The van der Waals surface area contributed by atoms with Crippen molar-refractivity contribution in [1.29, 1.82) is 0 Å². The first-order valence-electron chi connectivity index (χ1n) is 19.7. The normalized spacial score (nSPS) is 47.8. The minimum atomic E-state index is -0.720. The standard InChI is InChI=1S/C39H70N2O5.C2H6/c1-15-31-20-33(42)26(5)32(19-30-18-23(2)28(7)38(10,22-30)45-14)25(4)29(8)37(9,44-13)21-24(3)34-27(6)35-39(31,11)46-36(43)41(35)17-16-40(34)12;1-2/h23-32,34-35H,15-22H2,1-14H3;1-2H3/t23?,24-,25-,26?,27?,28+,29-,30+,31+,32+,34?,35?,37?,38-,39?;/m1./s1. The van der Waals surface area contributed by atoms with Crippen LogP contribution in [-0.2, 0) is 19.0 Å². The molecule has 7 nitrogen and oxygen atoms in total. The molecular formula is C41H76N2O5. The summed E-state index contributed by atoms with van der Waals surface area (Å²) >= 11 is 0. The molecule has 0 spiro atoms. The fraction of sp³-hybridized carbons (Fsp3) is 0.951. The highest BCUT2D eigenvalue weighted by Gasteiger charge is 2.60. The number of nitrogens with zero attached hydrogens (tertiary/aromatic N) is 2. The zero-order valence-corrected chi connectivity index (χ0v) is 34.0. The number of carbonyl (C=O) groups excluding carboxylic acids is 2. The van der Waals surface area contributed by atoms with E-state index >= 15 is 0 Å². The van der Waals surface area contributed by atoms with Crippen LogP contribution < -0.4 is 0 Å². The first-order chi connectivity index (χ1) is 22.4. The lowest BCUT2D eigenvalue weighted by Crippen LogP contribution is -2.56. The average Bonchev–Trinajstić information content (AvgIpc) is 3.23. The number of fused-ring (bicyclic) bond motifs is 1. The first kappa shape index (κ1) is 41.2. The molecule has 2 saturated heterocycles. The van der Waals surface area contributed by atoms with E-state index in [1.807, 2.05) is 33.0 Å². The Morgan fingerprint density at radius 3 is 1.98 bits per heavy atom. The molecule has 4 rings (SSSR count). The van der Waals surface area contributed by atoms with Crippen LogP contribution in [0.1, 0.15) is 129 Å². The maximum absolute atomic E-state index is 14.6. The largest absolute Gasteiger partial charge is 0.441 e. The van der Waals surface area contributed by atoms with E-state index in [2.05, 4.69) is 88.1 Å². The third-order valence-electron chi connectivity index (χ3n) is 15.1. The van der Waals surface area contributed by atoms with Gasteiger partial charge in [-0.25, -0.2) is 4.79 Å². The molecule has 2 aliphatic heterocycles. The molecule has 2 aliphatic carbocycles. The van der Waals surface area contributed by atoms with Crippen molar-refractivity contribution < 1.29 is 23.8 Å². The molecule has 15 atom stereocenters. The SMILES string of the molecule is CC.CC[C@H]1CC(=O)C(C)[C@@H](C[C@@H]2CC(C)[C@H](C)[C@](C)(OC)C2)[C@H](C)[C@@H](C)C(C)(OC)C[C@@H](C)C2C(C)C3N(CCN2C)C(=O)OC31C. The fourth-order valence-corrected chi connectivity index (χ4v) is 11.5. The molecule has 0 N–H and O–H groups in total. The van der Waals surface area contributed by atoms with Gasteiger partial charge >= 0.3 is 6.09 Å². The molecule has 0 aromatic rings. The second-order valence-corrected chi connectivity index (χ2v) is 17.4. The highest BCUT2D eigenvalue weighted by molar-refractivity contribution is 5.81. The van der Waals surface area contributed by atoms with E-state index in [4.69, 9.17) is 14.2 Å². The lowest BCUT2D eigenvalue weighted by molar-refractivity contribution is -0.134. The third kappa shape index (κ3) is 7.54. The van der Waals surface area contributed by atoms with Crippen LogP contribution in [0.2, 0.25) is 0 Å². The van der Waals surface area contributed by atoms with E-state index in [1.54, 1.807) is 0 Å². The molecule has 2 saturated carbocycles. The zero-order chi connectivity index (χ0) is 36.5.